The average Bonchev–Trinajstić information content (AvgIpc) is 2.75. The van der Waals surface area contributed by atoms with Crippen molar-refractivity contribution in [2.75, 3.05) is 24.9 Å². The lowest BCUT2D eigenvalue weighted by atomic mass is 10.2. The molecule has 0 spiro atoms. The Labute approximate surface area is 185 Å². The monoisotopic (exact) mass is 462 g/mol. The van der Waals surface area contributed by atoms with Crippen LogP contribution >= 0.6 is 11.6 Å². The molecule has 3 rings (SSSR count). The third kappa shape index (κ3) is 5.96. The SMILES string of the molecule is CN(CCOc1ccccc1)C(=O)c1cc(S(=O)(=O)Nc2ccc(F)cc2)ccc1Cl. The molecule has 6 nitrogen and oxygen atoms in total. The molecule has 3 aromatic carbocycles. The van der Waals surface area contributed by atoms with Gasteiger partial charge >= 0.3 is 0 Å². The summed E-state index contributed by atoms with van der Waals surface area (Å²) < 4.78 is 46.3. The van der Waals surface area contributed by atoms with Crippen molar-refractivity contribution < 1.29 is 22.3 Å². The van der Waals surface area contributed by atoms with Crippen molar-refractivity contribution in [2.45, 2.75) is 4.90 Å². The molecule has 0 bridgehead atoms. The Bertz CT molecular complexity index is 1160. The van der Waals surface area contributed by atoms with Crippen LogP contribution in [0.3, 0.4) is 0 Å². The third-order valence-corrected chi connectivity index (χ3v) is 6.07. The zero-order chi connectivity index (χ0) is 22.4. The Kier molecular flexibility index (Phi) is 7.14. The Morgan fingerprint density at radius 1 is 1.06 bits per heavy atom. The molecule has 0 aliphatic carbocycles. The number of rotatable bonds is 8. The summed E-state index contributed by atoms with van der Waals surface area (Å²) in [6.45, 7) is 0.531. The minimum atomic E-state index is -4.00. The van der Waals surface area contributed by atoms with Gasteiger partial charge in [-0.1, -0.05) is 29.8 Å². The predicted molar refractivity (Wildman–Crippen MR) is 118 cm³/mol. The summed E-state index contributed by atoms with van der Waals surface area (Å²) in [7, 11) is -2.43. The quantitative estimate of drug-likeness (QED) is 0.537. The number of nitrogens with one attached hydrogen (secondary N) is 1. The highest BCUT2D eigenvalue weighted by atomic mass is 35.5. The molecule has 31 heavy (non-hydrogen) atoms. The smallest absolute Gasteiger partial charge is 0.261 e. The van der Waals surface area contributed by atoms with Gasteiger partial charge in [0.2, 0.25) is 0 Å². The van der Waals surface area contributed by atoms with Gasteiger partial charge in [-0.15, -0.1) is 0 Å². The molecule has 0 atom stereocenters. The molecule has 0 fully saturated rings. The number of hydrogen-bond donors (Lipinski definition) is 1. The predicted octanol–water partition coefficient (Wildman–Crippen LogP) is 4.43. The number of nitrogens with zero attached hydrogens (tertiary/aromatic N) is 1. The van der Waals surface area contributed by atoms with Crippen LogP contribution < -0.4 is 9.46 Å². The maximum Gasteiger partial charge on any atom is 0.261 e. The zero-order valence-corrected chi connectivity index (χ0v) is 18.2. The fourth-order valence-electron chi connectivity index (χ4n) is 2.69. The van der Waals surface area contributed by atoms with Crippen LogP contribution in [0.15, 0.2) is 77.7 Å². The van der Waals surface area contributed by atoms with E-state index in [9.17, 15) is 17.6 Å². The van der Waals surface area contributed by atoms with E-state index in [0.29, 0.717) is 5.75 Å². The molecule has 0 unspecified atom stereocenters. The highest BCUT2D eigenvalue weighted by molar-refractivity contribution is 7.92. The number of benzene rings is 3. The molecular formula is C22H20ClFN2O4S. The molecule has 0 heterocycles. The van der Waals surface area contributed by atoms with Gasteiger partial charge in [0.15, 0.2) is 0 Å². The van der Waals surface area contributed by atoms with Gasteiger partial charge < -0.3 is 9.64 Å². The summed E-state index contributed by atoms with van der Waals surface area (Å²) in [4.78, 5) is 14.1. The number of hydrogen-bond acceptors (Lipinski definition) is 4. The average molecular weight is 463 g/mol. The third-order valence-electron chi connectivity index (χ3n) is 4.36. The highest BCUT2D eigenvalue weighted by Gasteiger charge is 2.21. The number of sulfonamides is 1. The first-order valence-corrected chi connectivity index (χ1v) is 11.1. The van der Waals surface area contributed by atoms with E-state index in [1.807, 2.05) is 18.2 Å². The number of halogens is 2. The number of para-hydroxylation sites is 1. The molecule has 9 heteroatoms. The zero-order valence-electron chi connectivity index (χ0n) is 16.6. The van der Waals surface area contributed by atoms with E-state index in [-0.39, 0.29) is 34.3 Å². The van der Waals surface area contributed by atoms with Gasteiger partial charge in [-0.2, -0.15) is 0 Å². The number of carbonyl (C=O) groups is 1. The molecule has 162 valence electrons. The standard InChI is InChI=1S/C22H20ClFN2O4S/c1-26(13-14-30-18-5-3-2-4-6-18)22(27)20-15-19(11-12-21(20)23)31(28,29)25-17-9-7-16(24)8-10-17/h2-12,15,25H,13-14H2,1H3. The van der Waals surface area contributed by atoms with E-state index in [1.165, 1.54) is 35.2 Å². The van der Waals surface area contributed by atoms with Gasteiger partial charge in [0.25, 0.3) is 15.9 Å². The van der Waals surface area contributed by atoms with E-state index >= 15 is 0 Å². The largest absolute Gasteiger partial charge is 0.492 e. The second-order valence-corrected chi connectivity index (χ2v) is 8.73. The lowest BCUT2D eigenvalue weighted by Crippen LogP contribution is -2.31. The van der Waals surface area contributed by atoms with Crippen molar-refractivity contribution in [3.05, 3.63) is 89.2 Å². The van der Waals surface area contributed by atoms with Crippen LogP contribution in [0.5, 0.6) is 5.75 Å². The summed E-state index contributed by atoms with van der Waals surface area (Å²) in [5.41, 5.74) is 0.241. The van der Waals surface area contributed by atoms with Crippen molar-refractivity contribution >= 4 is 33.2 Å². The summed E-state index contributed by atoms with van der Waals surface area (Å²) in [5.74, 6) is -0.247. The van der Waals surface area contributed by atoms with Gasteiger partial charge in [0.05, 0.1) is 22.0 Å². The molecule has 3 aromatic rings. The van der Waals surface area contributed by atoms with E-state index in [4.69, 9.17) is 16.3 Å². The first-order valence-electron chi connectivity index (χ1n) is 9.27. The van der Waals surface area contributed by atoms with Crippen LogP contribution in [-0.4, -0.2) is 39.4 Å². The summed E-state index contributed by atoms with van der Waals surface area (Å²) >= 11 is 6.16. The summed E-state index contributed by atoms with van der Waals surface area (Å²) in [6, 6.07) is 17.9. The molecule has 0 aromatic heterocycles. The molecule has 1 amide bonds. The summed E-state index contributed by atoms with van der Waals surface area (Å²) in [5, 5.41) is 0.126. The number of likely N-dealkylation sites (N-methyl/N-ethyl adjacent to an activating group) is 1. The van der Waals surface area contributed by atoms with E-state index < -0.39 is 21.7 Å². The Balaban J connectivity index is 1.71. The second-order valence-electron chi connectivity index (χ2n) is 6.64. The second kappa shape index (κ2) is 9.80. The van der Waals surface area contributed by atoms with Gasteiger partial charge in [-0.05, 0) is 54.6 Å². The molecule has 0 aliphatic rings. The Hall–Kier alpha value is -3.10. The molecule has 0 saturated carbocycles. The van der Waals surface area contributed by atoms with Crippen LogP contribution in [0.4, 0.5) is 10.1 Å². The first kappa shape index (κ1) is 22.6. The van der Waals surface area contributed by atoms with Gasteiger partial charge in [0, 0.05) is 12.7 Å². The van der Waals surface area contributed by atoms with Crippen molar-refractivity contribution in [1.82, 2.24) is 4.90 Å². The minimum Gasteiger partial charge on any atom is -0.492 e. The molecule has 0 radical (unpaired) electrons. The van der Waals surface area contributed by atoms with Crippen molar-refractivity contribution in [3.63, 3.8) is 0 Å². The maximum atomic E-state index is 13.0. The number of carbonyl (C=O) groups excluding carboxylic acids is 1. The molecule has 0 aliphatic heterocycles. The van der Waals surface area contributed by atoms with Gasteiger partial charge in [-0.25, -0.2) is 12.8 Å². The van der Waals surface area contributed by atoms with Crippen molar-refractivity contribution in [1.29, 1.82) is 0 Å². The molecule has 0 saturated heterocycles. The highest BCUT2D eigenvalue weighted by Crippen LogP contribution is 2.24. The first-order chi connectivity index (χ1) is 14.8. The molecule has 1 N–H and O–H groups in total. The number of amides is 1. The Morgan fingerprint density at radius 2 is 1.74 bits per heavy atom. The number of anilines is 1. The molecular weight excluding hydrogens is 443 g/mol. The van der Waals surface area contributed by atoms with Crippen LogP contribution in [-0.2, 0) is 10.0 Å². The van der Waals surface area contributed by atoms with E-state index in [0.717, 1.165) is 12.1 Å². The lowest BCUT2D eigenvalue weighted by Gasteiger charge is -2.19. The van der Waals surface area contributed by atoms with Gasteiger partial charge in [0.1, 0.15) is 18.2 Å². The van der Waals surface area contributed by atoms with Crippen LogP contribution in [0.1, 0.15) is 10.4 Å². The van der Waals surface area contributed by atoms with Crippen LogP contribution in [0, 0.1) is 5.82 Å². The van der Waals surface area contributed by atoms with Gasteiger partial charge in [-0.3, -0.25) is 9.52 Å². The fraction of sp³-hybridized carbons (Fsp3) is 0.136. The topological polar surface area (TPSA) is 75.7 Å². The van der Waals surface area contributed by atoms with Crippen molar-refractivity contribution in [2.24, 2.45) is 0 Å². The van der Waals surface area contributed by atoms with Crippen LogP contribution in [0.2, 0.25) is 5.02 Å². The normalized spacial score (nSPS) is 11.1. The van der Waals surface area contributed by atoms with E-state index in [2.05, 4.69) is 4.72 Å². The Morgan fingerprint density at radius 3 is 2.42 bits per heavy atom. The van der Waals surface area contributed by atoms with Crippen LogP contribution in [0.25, 0.3) is 0 Å². The maximum absolute atomic E-state index is 13.0. The lowest BCUT2D eigenvalue weighted by molar-refractivity contribution is 0.0773. The summed E-state index contributed by atoms with van der Waals surface area (Å²) in [6.07, 6.45) is 0. The van der Waals surface area contributed by atoms with Crippen molar-refractivity contribution in [3.8, 4) is 5.75 Å². The van der Waals surface area contributed by atoms with E-state index in [1.54, 1.807) is 19.2 Å². The minimum absolute atomic E-state index is 0.0471. The fourth-order valence-corrected chi connectivity index (χ4v) is 3.97. The number of ether oxygens (including phenoxy) is 1.